The molecule has 2 aromatic carbocycles. The van der Waals surface area contributed by atoms with E-state index in [0.29, 0.717) is 0 Å². The summed E-state index contributed by atoms with van der Waals surface area (Å²) < 4.78 is 6.11. The van der Waals surface area contributed by atoms with Gasteiger partial charge in [-0.2, -0.15) is 0 Å². The van der Waals surface area contributed by atoms with Gasteiger partial charge in [0.1, 0.15) is 11.5 Å². The van der Waals surface area contributed by atoms with Gasteiger partial charge in [0.25, 0.3) is 0 Å². The van der Waals surface area contributed by atoms with E-state index in [9.17, 15) is 0 Å². The van der Waals surface area contributed by atoms with Crippen molar-refractivity contribution < 1.29 is 4.74 Å². The van der Waals surface area contributed by atoms with Crippen LogP contribution in [0, 0.1) is 0 Å². The molecule has 0 saturated carbocycles. The molecule has 1 aliphatic heterocycles. The molecule has 2 aliphatic rings. The Morgan fingerprint density at radius 1 is 0.714 bits per heavy atom. The molecule has 1 heterocycles. The third kappa shape index (κ3) is 2.21. The van der Waals surface area contributed by atoms with Crippen molar-refractivity contribution in [3.63, 3.8) is 0 Å². The highest BCUT2D eigenvalue weighted by Gasteiger charge is 2.24. The van der Waals surface area contributed by atoms with Crippen molar-refractivity contribution in [2.24, 2.45) is 0 Å². The maximum atomic E-state index is 6.11. The topological polar surface area (TPSA) is 9.23 Å². The number of fused-ring (bicyclic) bond motifs is 1. The number of benzene rings is 2. The maximum Gasteiger partial charge on any atom is 0.135 e. The smallest absolute Gasteiger partial charge is 0.135 e. The average molecular weight is 272 g/mol. The second-order valence-corrected chi connectivity index (χ2v) is 5.34. The fourth-order valence-corrected chi connectivity index (χ4v) is 2.95. The molecule has 0 spiro atoms. The van der Waals surface area contributed by atoms with E-state index in [1.165, 1.54) is 16.7 Å². The summed E-state index contributed by atoms with van der Waals surface area (Å²) in [5, 5.41) is 0. The Hall–Kier alpha value is -2.54. The van der Waals surface area contributed by atoms with Gasteiger partial charge < -0.3 is 4.74 Å². The molecule has 0 aromatic heterocycles. The Kier molecular flexibility index (Phi) is 2.97. The largest absolute Gasteiger partial charge is 0.457 e. The van der Waals surface area contributed by atoms with E-state index in [4.69, 9.17) is 4.74 Å². The fourth-order valence-electron chi connectivity index (χ4n) is 2.95. The van der Waals surface area contributed by atoms with Gasteiger partial charge in [0.15, 0.2) is 0 Å². The monoisotopic (exact) mass is 272 g/mol. The van der Waals surface area contributed by atoms with Crippen molar-refractivity contribution in [3.8, 4) is 0 Å². The highest BCUT2D eigenvalue weighted by molar-refractivity contribution is 5.88. The minimum atomic E-state index is 0.936. The van der Waals surface area contributed by atoms with Crippen LogP contribution in [-0.2, 0) is 4.74 Å². The van der Waals surface area contributed by atoms with Crippen LogP contribution in [0.25, 0.3) is 11.3 Å². The number of hydrogen-bond donors (Lipinski definition) is 0. The van der Waals surface area contributed by atoms with Crippen molar-refractivity contribution >= 4 is 11.3 Å². The van der Waals surface area contributed by atoms with E-state index >= 15 is 0 Å². The Morgan fingerprint density at radius 2 is 1.38 bits per heavy atom. The summed E-state index contributed by atoms with van der Waals surface area (Å²) in [6.45, 7) is 0. The molecule has 1 nitrogen and oxygen atoms in total. The van der Waals surface area contributed by atoms with Crippen molar-refractivity contribution in [1.82, 2.24) is 0 Å². The van der Waals surface area contributed by atoms with Crippen LogP contribution >= 0.6 is 0 Å². The highest BCUT2D eigenvalue weighted by atomic mass is 16.5. The second-order valence-electron chi connectivity index (χ2n) is 5.34. The van der Waals surface area contributed by atoms with E-state index in [1.807, 2.05) is 18.2 Å². The molecule has 0 atom stereocenters. The SMILES string of the molecule is C1=C2OC(c3ccccc3)=CC(c3ccccc3)=C2CC1. The lowest BCUT2D eigenvalue weighted by Crippen LogP contribution is -2.02. The molecule has 0 fully saturated rings. The molecule has 0 amide bonds. The summed E-state index contributed by atoms with van der Waals surface area (Å²) in [5.74, 6) is 1.97. The average Bonchev–Trinajstić information content (AvgIpc) is 3.04. The lowest BCUT2D eigenvalue weighted by atomic mass is 9.95. The molecule has 0 radical (unpaired) electrons. The van der Waals surface area contributed by atoms with Crippen LogP contribution in [0.2, 0.25) is 0 Å². The van der Waals surface area contributed by atoms with Gasteiger partial charge in [0, 0.05) is 11.1 Å². The van der Waals surface area contributed by atoms with Crippen LogP contribution in [0.5, 0.6) is 0 Å². The molecule has 0 N–H and O–H groups in total. The zero-order chi connectivity index (χ0) is 14.1. The van der Waals surface area contributed by atoms with Crippen molar-refractivity contribution in [2.75, 3.05) is 0 Å². The summed E-state index contributed by atoms with van der Waals surface area (Å²) >= 11 is 0. The van der Waals surface area contributed by atoms with E-state index in [2.05, 4.69) is 54.6 Å². The Labute approximate surface area is 124 Å². The predicted molar refractivity (Wildman–Crippen MR) is 86.2 cm³/mol. The van der Waals surface area contributed by atoms with Crippen LogP contribution < -0.4 is 0 Å². The van der Waals surface area contributed by atoms with Gasteiger partial charge in [0.05, 0.1) is 0 Å². The molecular weight excluding hydrogens is 256 g/mol. The van der Waals surface area contributed by atoms with Crippen LogP contribution in [0.15, 0.2) is 84.1 Å². The van der Waals surface area contributed by atoms with Crippen molar-refractivity contribution in [2.45, 2.75) is 12.8 Å². The third-order valence-corrected chi connectivity index (χ3v) is 3.99. The van der Waals surface area contributed by atoms with Crippen LogP contribution in [-0.4, -0.2) is 0 Å². The zero-order valence-corrected chi connectivity index (χ0v) is 11.8. The molecular formula is C20H16O. The maximum absolute atomic E-state index is 6.11. The Bertz CT molecular complexity index is 749. The van der Waals surface area contributed by atoms with Gasteiger partial charge in [0.2, 0.25) is 0 Å². The molecule has 4 rings (SSSR count). The predicted octanol–water partition coefficient (Wildman–Crippen LogP) is 5.19. The molecule has 0 bridgehead atoms. The third-order valence-electron chi connectivity index (χ3n) is 3.99. The highest BCUT2D eigenvalue weighted by Crippen LogP contribution is 2.41. The molecule has 2 aromatic rings. The van der Waals surface area contributed by atoms with Crippen molar-refractivity contribution in [3.05, 3.63) is 95.3 Å². The van der Waals surface area contributed by atoms with Gasteiger partial charge in [-0.3, -0.25) is 0 Å². The van der Waals surface area contributed by atoms with Gasteiger partial charge in [-0.05, 0) is 36.1 Å². The number of rotatable bonds is 2. The van der Waals surface area contributed by atoms with Gasteiger partial charge in [-0.1, -0.05) is 60.7 Å². The summed E-state index contributed by atoms with van der Waals surface area (Å²) in [4.78, 5) is 0. The Balaban J connectivity index is 1.86. The summed E-state index contributed by atoms with van der Waals surface area (Å²) in [6, 6.07) is 20.9. The number of ether oxygens (including phenoxy) is 1. The van der Waals surface area contributed by atoms with Crippen LogP contribution in [0.3, 0.4) is 0 Å². The van der Waals surface area contributed by atoms with Gasteiger partial charge in [-0.25, -0.2) is 0 Å². The zero-order valence-electron chi connectivity index (χ0n) is 11.8. The minimum Gasteiger partial charge on any atom is -0.457 e. The van der Waals surface area contributed by atoms with Crippen LogP contribution in [0.4, 0.5) is 0 Å². The molecule has 0 saturated heterocycles. The van der Waals surface area contributed by atoms with Crippen LogP contribution in [0.1, 0.15) is 24.0 Å². The summed E-state index contributed by atoms with van der Waals surface area (Å²) in [5.41, 5.74) is 5.01. The van der Waals surface area contributed by atoms with E-state index in [1.54, 1.807) is 0 Å². The van der Waals surface area contributed by atoms with Crippen molar-refractivity contribution in [1.29, 1.82) is 0 Å². The first-order valence-corrected chi connectivity index (χ1v) is 7.36. The molecule has 21 heavy (non-hydrogen) atoms. The first kappa shape index (κ1) is 12.2. The minimum absolute atomic E-state index is 0.936. The van der Waals surface area contributed by atoms with E-state index in [-0.39, 0.29) is 0 Å². The first-order chi connectivity index (χ1) is 10.4. The lowest BCUT2D eigenvalue weighted by molar-refractivity contribution is 0.392. The number of hydrogen-bond acceptors (Lipinski definition) is 1. The quantitative estimate of drug-likeness (QED) is 0.731. The lowest BCUT2D eigenvalue weighted by Gasteiger charge is -2.21. The molecule has 0 unspecified atom stereocenters. The molecule has 1 heteroatoms. The summed E-state index contributed by atoms with van der Waals surface area (Å²) in [7, 11) is 0. The summed E-state index contributed by atoms with van der Waals surface area (Å²) in [6.07, 6.45) is 6.52. The standard InChI is InChI=1S/C20H16O/c1-3-8-15(9-4-1)18-14-20(16-10-5-2-6-11-16)21-19-13-7-12-17(18)19/h1-6,8-11,13-14H,7,12H2. The van der Waals surface area contributed by atoms with Gasteiger partial charge >= 0.3 is 0 Å². The second kappa shape index (κ2) is 5.10. The van der Waals surface area contributed by atoms with Gasteiger partial charge in [-0.15, -0.1) is 0 Å². The fraction of sp³-hybridized carbons (Fsp3) is 0.100. The first-order valence-electron chi connectivity index (χ1n) is 7.36. The molecule has 1 aliphatic carbocycles. The molecule has 102 valence electrons. The normalized spacial score (nSPS) is 17.0. The van der Waals surface area contributed by atoms with E-state index in [0.717, 1.165) is 29.9 Å². The van der Waals surface area contributed by atoms with E-state index < -0.39 is 0 Å². The Morgan fingerprint density at radius 3 is 2.10 bits per heavy atom. The number of allylic oxidation sites excluding steroid dienone is 4.